The first kappa shape index (κ1) is 14.3. The van der Waals surface area contributed by atoms with Gasteiger partial charge in [-0.25, -0.2) is 4.79 Å². The van der Waals surface area contributed by atoms with Gasteiger partial charge >= 0.3 is 5.97 Å². The minimum Gasteiger partial charge on any atom is -0.465 e. The topological polar surface area (TPSA) is 73.6 Å². The van der Waals surface area contributed by atoms with E-state index in [2.05, 4.69) is 10.1 Å². The highest BCUT2D eigenvalue weighted by atomic mass is 16.5. The molecule has 0 radical (unpaired) electrons. The summed E-state index contributed by atoms with van der Waals surface area (Å²) in [4.78, 5) is 11.5. The molecule has 1 rings (SSSR count). The fourth-order valence-corrected chi connectivity index (χ4v) is 1.67. The first-order chi connectivity index (χ1) is 8.39. The Morgan fingerprint density at radius 3 is 2.61 bits per heavy atom. The van der Waals surface area contributed by atoms with Gasteiger partial charge in [0.15, 0.2) is 0 Å². The number of benzene rings is 1. The molecule has 0 heterocycles. The van der Waals surface area contributed by atoms with Crippen molar-refractivity contribution in [2.45, 2.75) is 19.4 Å². The van der Waals surface area contributed by atoms with Crippen LogP contribution in [-0.4, -0.2) is 32.3 Å². The molecule has 5 heteroatoms. The molecule has 0 aliphatic carbocycles. The van der Waals surface area contributed by atoms with Crippen molar-refractivity contribution in [1.29, 1.82) is 0 Å². The van der Waals surface area contributed by atoms with Crippen molar-refractivity contribution >= 4 is 17.3 Å². The van der Waals surface area contributed by atoms with E-state index in [1.165, 1.54) is 7.11 Å². The zero-order chi connectivity index (χ0) is 13.8. The van der Waals surface area contributed by atoms with Gasteiger partial charge in [0.05, 0.1) is 36.2 Å². The molecule has 3 N–H and O–H groups in total. The van der Waals surface area contributed by atoms with E-state index >= 15 is 0 Å². The molecule has 100 valence electrons. The van der Waals surface area contributed by atoms with E-state index in [4.69, 9.17) is 10.5 Å². The summed E-state index contributed by atoms with van der Waals surface area (Å²) in [6.07, 6.45) is 0. The molecule has 0 fully saturated rings. The summed E-state index contributed by atoms with van der Waals surface area (Å²) in [5.74, 6) is -0.386. The predicted molar refractivity (Wildman–Crippen MR) is 71.8 cm³/mol. The van der Waals surface area contributed by atoms with Crippen LogP contribution >= 0.6 is 0 Å². The van der Waals surface area contributed by atoms with Crippen molar-refractivity contribution in [3.05, 3.63) is 23.8 Å². The molecule has 0 atom stereocenters. The van der Waals surface area contributed by atoms with E-state index in [1.54, 1.807) is 25.3 Å². The molecule has 18 heavy (non-hydrogen) atoms. The molecule has 0 spiro atoms. The smallest absolute Gasteiger partial charge is 0.337 e. The number of nitrogen functional groups attached to an aromatic ring is 1. The van der Waals surface area contributed by atoms with Crippen molar-refractivity contribution in [1.82, 2.24) is 0 Å². The Balaban J connectivity index is 2.97. The van der Waals surface area contributed by atoms with Crippen molar-refractivity contribution < 1.29 is 14.3 Å². The van der Waals surface area contributed by atoms with E-state index in [0.29, 0.717) is 23.5 Å². The molecule has 0 aliphatic rings. The average Bonchev–Trinajstić information content (AvgIpc) is 2.30. The fourth-order valence-electron chi connectivity index (χ4n) is 1.67. The lowest BCUT2D eigenvalue weighted by Crippen LogP contribution is -2.36. The Hall–Kier alpha value is -1.75. The average molecular weight is 252 g/mol. The number of anilines is 2. The monoisotopic (exact) mass is 252 g/mol. The van der Waals surface area contributed by atoms with E-state index in [-0.39, 0.29) is 11.5 Å². The van der Waals surface area contributed by atoms with Crippen molar-refractivity contribution in [3.8, 4) is 0 Å². The molecule has 0 saturated heterocycles. The number of methoxy groups -OCH3 is 2. The minimum absolute atomic E-state index is 0.280. The van der Waals surface area contributed by atoms with Gasteiger partial charge in [-0.2, -0.15) is 0 Å². The number of nitrogens with two attached hydrogens (primary N) is 1. The first-order valence-electron chi connectivity index (χ1n) is 5.64. The van der Waals surface area contributed by atoms with Crippen LogP contribution in [0.15, 0.2) is 18.2 Å². The van der Waals surface area contributed by atoms with Crippen LogP contribution < -0.4 is 11.1 Å². The summed E-state index contributed by atoms with van der Waals surface area (Å²) in [5, 5.41) is 3.25. The van der Waals surface area contributed by atoms with E-state index in [0.717, 1.165) is 0 Å². The van der Waals surface area contributed by atoms with E-state index < -0.39 is 0 Å². The standard InChI is InChI=1S/C13H20N2O3/c1-13(2,8-17-3)15-11-7-9(12(16)18-4)5-6-10(11)14/h5-7,15H,8,14H2,1-4H3. The van der Waals surface area contributed by atoms with Crippen LogP contribution in [-0.2, 0) is 9.47 Å². The lowest BCUT2D eigenvalue weighted by molar-refractivity contribution is 0.0601. The summed E-state index contributed by atoms with van der Waals surface area (Å²) >= 11 is 0. The third-order valence-corrected chi connectivity index (χ3v) is 2.45. The maximum absolute atomic E-state index is 11.5. The summed E-state index contributed by atoms with van der Waals surface area (Å²) in [6.45, 7) is 4.50. The number of ether oxygens (including phenoxy) is 2. The van der Waals surface area contributed by atoms with Crippen molar-refractivity contribution in [2.24, 2.45) is 0 Å². The maximum atomic E-state index is 11.5. The molecule has 0 aliphatic heterocycles. The normalized spacial score (nSPS) is 11.1. The number of carbonyl (C=O) groups excluding carboxylic acids is 1. The second kappa shape index (κ2) is 5.73. The van der Waals surface area contributed by atoms with Gasteiger partial charge in [-0.15, -0.1) is 0 Å². The van der Waals surface area contributed by atoms with Gasteiger partial charge in [0.2, 0.25) is 0 Å². The van der Waals surface area contributed by atoms with Crippen molar-refractivity contribution in [3.63, 3.8) is 0 Å². The summed E-state index contributed by atoms with van der Waals surface area (Å²) in [5.41, 5.74) is 7.33. The fraction of sp³-hybridized carbons (Fsp3) is 0.462. The van der Waals surface area contributed by atoms with Crippen LogP contribution in [0.25, 0.3) is 0 Å². The molecule has 5 nitrogen and oxygen atoms in total. The Bertz CT molecular complexity index is 430. The molecule has 0 amide bonds. The molecule has 0 aromatic heterocycles. The highest BCUT2D eigenvalue weighted by Gasteiger charge is 2.19. The molecule has 0 bridgehead atoms. The van der Waals surface area contributed by atoms with E-state index in [9.17, 15) is 4.79 Å². The summed E-state index contributed by atoms with van der Waals surface area (Å²) in [7, 11) is 2.98. The van der Waals surface area contributed by atoms with Gasteiger partial charge < -0.3 is 20.5 Å². The zero-order valence-corrected chi connectivity index (χ0v) is 11.2. The molecule has 1 aromatic rings. The van der Waals surface area contributed by atoms with Crippen molar-refractivity contribution in [2.75, 3.05) is 31.9 Å². The third-order valence-electron chi connectivity index (χ3n) is 2.45. The number of carbonyl (C=O) groups is 1. The number of rotatable bonds is 5. The second-order valence-electron chi connectivity index (χ2n) is 4.74. The number of esters is 1. The number of hydrogen-bond acceptors (Lipinski definition) is 5. The van der Waals surface area contributed by atoms with Gasteiger partial charge in [0.1, 0.15) is 0 Å². The molecule has 0 saturated carbocycles. The van der Waals surface area contributed by atoms with Gasteiger partial charge in [0, 0.05) is 7.11 Å². The van der Waals surface area contributed by atoms with Crippen LogP contribution in [0.1, 0.15) is 24.2 Å². The quantitative estimate of drug-likeness (QED) is 0.618. The maximum Gasteiger partial charge on any atom is 0.337 e. The van der Waals surface area contributed by atoms with Gasteiger partial charge in [-0.3, -0.25) is 0 Å². The highest BCUT2D eigenvalue weighted by Crippen LogP contribution is 2.24. The van der Waals surface area contributed by atoms with Crippen LogP contribution in [0.3, 0.4) is 0 Å². The van der Waals surface area contributed by atoms with Gasteiger partial charge in [-0.05, 0) is 32.0 Å². The Morgan fingerprint density at radius 1 is 1.39 bits per heavy atom. The minimum atomic E-state index is -0.386. The van der Waals surface area contributed by atoms with Crippen LogP contribution in [0.5, 0.6) is 0 Å². The summed E-state index contributed by atoms with van der Waals surface area (Å²) < 4.78 is 9.80. The number of nitrogens with one attached hydrogen (secondary N) is 1. The van der Waals surface area contributed by atoms with Crippen LogP contribution in [0.2, 0.25) is 0 Å². The Kier molecular flexibility index (Phi) is 4.55. The van der Waals surface area contributed by atoms with E-state index in [1.807, 2.05) is 13.8 Å². The molecule has 0 unspecified atom stereocenters. The summed E-state index contributed by atoms with van der Waals surface area (Å²) in [6, 6.07) is 4.99. The lowest BCUT2D eigenvalue weighted by Gasteiger charge is -2.27. The lowest BCUT2D eigenvalue weighted by atomic mass is 10.1. The zero-order valence-electron chi connectivity index (χ0n) is 11.2. The Labute approximate surface area is 107 Å². The molecule has 1 aromatic carbocycles. The largest absolute Gasteiger partial charge is 0.465 e. The highest BCUT2D eigenvalue weighted by molar-refractivity contribution is 5.92. The Morgan fingerprint density at radius 2 is 2.06 bits per heavy atom. The van der Waals surface area contributed by atoms with Crippen LogP contribution in [0, 0.1) is 0 Å². The molecular weight excluding hydrogens is 232 g/mol. The van der Waals surface area contributed by atoms with Gasteiger partial charge in [-0.1, -0.05) is 0 Å². The predicted octanol–water partition coefficient (Wildman–Crippen LogP) is 1.89. The van der Waals surface area contributed by atoms with Crippen LogP contribution in [0.4, 0.5) is 11.4 Å². The second-order valence-corrected chi connectivity index (χ2v) is 4.74. The molecular formula is C13H20N2O3. The number of hydrogen-bond donors (Lipinski definition) is 2. The SMILES string of the molecule is COCC(C)(C)Nc1cc(C(=O)OC)ccc1N. The third kappa shape index (κ3) is 3.63. The first-order valence-corrected chi connectivity index (χ1v) is 5.64. The van der Waals surface area contributed by atoms with Gasteiger partial charge in [0.25, 0.3) is 0 Å².